The number of carbonyl (C=O) groups excluding carboxylic acids is 3. The predicted molar refractivity (Wildman–Crippen MR) is 153 cm³/mol. The van der Waals surface area contributed by atoms with E-state index in [9.17, 15) is 14.4 Å². The highest BCUT2D eigenvalue weighted by molar-refractivity contribution is 8.13. The van der Waals surface area contributed by atoms with Crippen LogP contribution in [0.15, 0.2) is 54.6 Å². The summed E-state index contributed by atoms with van der Waals surface area (Å²) in [5, 5.41) is 3.17. The molecule has 0 unspecified atom stereocenters. The van der Waals surface area contributed by atoms with Gasteiger partial charge in [0.15, 0.2) is 5.12 Å². The third-order valence-corrected chi connectivity index (χ3v) is 7.80. The van der Waals surface area contributed by atoms with Crippen molar-refractivity contribution in [3.05, 3.63) is 71.0 Å². The van der Waals surface area contributed by atoms with Crippen LogP contribution in [-0.2, 0) is 38.5 Å². The lowest BCUT2D eigenvalue weighted by atomic mass is 9.86. The van der Waals surface area contributed by atoms with E-state index in [1.165, 1.54) is 12.6 Å². The summed E-state index contributed by atoms with van der Waals surface area (Å²) in [6.07, 6.45) is 1.08. The van der Waals surface area contributed by atoms with Crippen molar-refractivity contribution in [3.63, 3.8) is 0 Å². The van der Waals surface area contributed by atoms with Crippen LogP contribution in [0.25, 0.3) is 22.3 Å². The van der Waals surface area contributed by atoms with Gasteiger partial charge in [-0.1, -0.05) is 79.7 Å². The number of hydrogen-bond acceptors (Lipinski definition) is 5. The maximum Gasteiger partial charge on any atom is 0.329 e. The van der Waals surface area contributed by atoms with Crippen molar-refractivity contribution in [2.24, 2.45) is 5.41 Å². The van der Waals surface area contributed by atoms with Gasteiger partial charge in [-0.05, 0) is 42.0 Å². The van der Waals surface area contributed by atoms with Gasteiger partial charge in [0.25, 0.3) is 0 Å². The number of aromatic nitrogens is 1. The Kier molecular flexibility index (Phi) is 8.68. The van der Waals surface area contributed by atoms with Gasteiger partial charge >= 0.3 is 5.97 Å². The number of thioether (sulfide) groups is 1. The van der Waals surface area contributed by atoms with Gasteiger partial charge in [-0.25, -0.2) is 4.79 Å². The molecule has 1 atom stereocenters. The molecule has 6 nitrogen and oxygen atoms in total. The summed E-state index contributed by atoms with van der Waals surface area (Å²) in [6.45, 7) is 8.54. The fourth-order valence-electron chi connectivity index (χ4n) is 5.08. The monoisotopic (exact) mass is 552 g/mol. The second kappa shape index (κ2) is 11.8. The standard InChI is InChI=1S/C30H33ClN2O4S/c1-5-37-29(36)23(32-19(2)34)17-38-26(35)15-24-27(21-11-13-22(31)14-12-21)28(20-9-7-6-8-10-20)25-16-30(3,4)18-33(24)25/h6-14,23H,5,15-18H2,1-4H3,(H,32,34)/t23-/m0/s1. The summed E-state index contributed by atoms with van der Waals surface area (Å²) in [7, 11) is 0. The van der Waals surface area contributed by atoms with Crippen molar-refractivity contribution in [1.29, 1.82) is 0 Å². The minimum atomic E-state index is -0.881. The first-order valence-corrected chi connectivity index (χ1v) is 14.1. The van der Waals surface area contributed by atoms with Crippen LogP contribution in [-0.4, -0.2) is 40.0 Å². The predicted octanol–water partition coefficient (Wildman–Crippen LogP) is 5.93. The van der Waals surface area contributed by atoms with E-state index in [2.05, 4.69) is 35.9 Å². The SMILES string of the molecule is CCOC(=O)[C@H](CSC(=O)Cc1c(-c2ccc(Cl)cc2)c(-c2ccccc2)c2n1CC(C)(C)C2)NC(C)=O. The summed E-state index contributed by atoms with van der Waals surface area (Å²) < 4.78 is 7.39. The topological polar surface area (TPSA) is 77.4 Å². The van der Waals surface area contributed by atoms with Crippen LogP contribution in [0.5, 0.6) is 0 Å². The molecule has 1 N–H and O–H groups in total. The average Bonchev–Trinajstić information content (AvgIpc) is 3.33. The summed E-state index contributed by atoms with van der Waals surface area (Å²) in [5.74, 6) is -0.778. The van der Waals surface area contributed by atoms with Crippen LogP contribution < -0.4 is 5.32 Å². The quantitative estimate of drug-likeness (QED) is 0.333. The maximum absolute atomic E-state index is 13.4. The molecule has 0 bridgehead atoms. The van der Waals surface area contributed by atoms with Crippen LogP contribution in [0, 0.1) is 5.41 Å². The van der Waals surface area contributed by atoms with E-state index in [-0.39, 0.29) is 35.2 Å². The van der Waals surface area contributed by atoms with Crippen molar-refractivity contribution in [2.45, 2.75) is 53.1 Å². The first-order chi connectivity index (χ1) is 18.1. The van der Waals surface area contributed by atoms with Crippen molar-refractivity contribution in [3.8, 4) is 22.3 Å². The summed E-state index contributed by atoms with van der Waals surface area (Å²) >= 11 is 7.26. The maximum atomic E-state index is 13.4. The number of esters is 1. The molecule has 38 heavy (non-hydrogen) atoms. The Hall–Kier alpha value is -3.03. The van der Waals surface area contributed by atoms with Gasteiger partial charge in [0, 0.05) is 46.8 Å². The first kappa shape index (κ1) is 28.0. The molecule has 4 rings (SSSR count). The van der Waals surface area contributed by atoms with Crippen LogP contribution >= 0.6 is 23.4 Å². The van der Waals surface area contributed by atoms with Gasteiger partial charge in [-0.3, -0.25) is 9.59 Å². The van der Waals surface area contributed by atoms with E-state index >= 15 is 0 Å². The lowest BCUT2D eigenvalue weighted by Crippen LogP contribution is -2.42. The van der Waals surface area contributed by atoms with E-state index in [1.54, 1.807) is 6.92 Å². The Morgan fingerprint density at radius 1 is 1.05 bits per heavy atom. The lowest BCUT2D eigenvalue weighted by molar-refractivity contribution is -0.146. The molecule has 8 heteroatoms. The molecule has 0 saturated carbocycles. The fraction of sp³-hybridized carbons (Fsp3) is 0.367. The Labute approximate surface area is 233 Å². The van der Waals surface area contributed by atoms with Crippen molar-refractivity contribution < 1.29 is 19.1 Å². The van der Waals surface area contributed by atoms with Crippen LogP contribution in [0.3, 0.4) is 0 Å². The molecule has 0 fully saturated rings. The third-order valence-electron chi connectivity index (χ3n) is 6.58. The van der Waals surface area contributed by atoms with Gasteiger partial charge in [0.2, 0.25) is 5.91 Å². The zero-order chi connectivity index (χ0) is 27.4. The molecule has 1 amide bonds. The lowest BCUT2D eigenvalue weighted by Gasteiger charge is -2.19. The number of carbonyl (C=O) groups is 3. The molecular weight excluding hydrogens is 520 g/mol. The Morgan fingerprint density at radius 3 is 2.34 bits per heavy atom. The fourth-order valence-corrected chi connectivity index (χ4v) is 6.02. The number of benzene rings is 2. The number of rotatable bonds is 9. The minimum absolute atomic E-state index is 0.0583. The van der Waals surface area contributed by atoms with Crippen LogP contribution in [0.4, 0.5) is 0 Å². The Bertz CT molecular complexity index is 1330. The van der Waals surface area contributed by atoms with Gasteiger partial charge < -0.3 is 14.6 Å². The van der Waals surface area contributed by atoms with Crippen molar-refractivity contribution >= 4 is 40.4 Å². The molecule has 0 radical (unpaired) electrons. The molecule has 3 aromatic rings. The normalized spacial score (nSPS) is 14.6. The number of nitrogens with zero attached hydrogens (tertiary/aromatic N) is 1. The van der Waals surface area contributed by atoms with Crippen LogP contribution in [0.1, 0.15) is 39.1 Å². The number of fused-ring (bicyclic) bond motifs is 1. The van der Waals surface area contributed by atoms with E-state index in [0.29, 0.717) is 5.02 Å². The molecule has 0 spiro atoms. The summed E-state index contributed by atoms with van der Waals surface area (Å²) in [6, 6.07) is 17.1. The molecule has 1 aliphatic heterocycles. The molecule has 0 saturated heterocycles. The van der Waals surface area contributed by atoms with E-state index in [0.717, 1.165) is 52.7 Å². The minimum Gasteiger partial charge on any atom is -0.464 e. The average molecular weight is 553 g/mol. The Balaban J connectivity index is 1.73. The number of hydrogen-bond donors (Lipinski definition) is 1. The highest BCUT2D eigenvalue weighted by Crippen LogP contribution is 2.47. The number of halogens is 1. The van der Waals surface area contributed by atoms with Crippen molar-refractivity contribution in [1.82, 2.24) is 9.88 Å². The van der Waals surface area contributed by atoms with E-state index < -0.39 is 12.0 Å². The molecule has 1 aliphatic rings. The number of ether oxygens (including phenoxy) is 1. The molecule has 2 aromatic carbocycles. The van der Waals surface area contributed by atoms with E-state index in [4.69, 9.17) is 16.3 Å². The highest BCUT2D eigenvalue weighted by atomic mass is 35.5. The largest absolute Gasteiger partial charge is 0.464 e. The van der Waals surface area contributed by atoms with Gasteiger partial charge in [0.05, 0.1) is 13.0 Å². The van der Waals surface area contributed by atoms with Gasteiger partial charge in [0.1, 0.15) is 6.04 Å². The zero-order valence-corrected chi connectivity index (χ0v) is 23.7. The molecule has 0 aliphatic carbocycles. The van der Waals surface area contributed by atoms with Crippen LogP contribution in [0.2, 0.25) is 5.02 Å². The smallest absolute Gasteiger partial charge is 0.329 e. The van der Waals surface area contributed by atoms with Gasteiger partial charge in [-0.15, -0.1) is 0 Å². The van der Waals surface area contributed by atoms with Crippen molar-refractivity contribution in [2.75, 3.05) is 12.4 Å². The van der Waals surface area contributed by atoms with E-state index in [1.807, 2.05) is 42.5 Å². The summed E-state index contributed by atoms with van der Waals surface area (Å²) in [5.41, 5.74) is 6.53. The molecule has 200 valence electrons. The molecule has 2 heterocycles. The van der Waals surface area contributed by atoms with Gasteiger partial charge in [-0.2, -0.15) is 0 Å². The molecule has 1 aromatic heterocycles. The Morgan fingerprint density at radius 2 is 1.71 bits per heavy atom. The summed E-state index contributed by atoms with van der Waals surface area (Å²) in [4.78, 5) is 37.3. The first-order valence-electron chi connectivity index (χ1n) is 12.7. The highest BCUT2D eigenvalue weighted by Gasteiger charge is 2.36. The number of nitrogens with one attached hydrogen (secondary N) is 1. The molecular formula is C30H33ClN2O4S. The number of amides is 1. The zero-order valence-electron chi connectivity index (χ0n) is 22.2. The second-order valence-electron chi connectivity index (χ2n) is 10.3. The second-order valence-corrected chi connectivity index (χ2v) is 11.8. The third kappa shape index (κ3) is 6.33.